The normalized spacial score (nSPS) is 12.3. The summed E-state index contributed by atoms with van der Waals surface area (Å²) >= 11 is 0. The summed E-state index contributed by atoms with van der Waals surface area (Å²) in [6.07, 6.45) is 1.17. The molecular weight excluding hydrogens is 214 g/mol. The molecule has 94 valence electrons. The lowest BCUT2D eigenvalue weighted by atomic mass is 9.96. The lowest BCUT2D eigenvalue weighted by Crippen LogP contribution is -2.13. The monoisotopic (exact) mass is 235 g/mol. The van der Waals surface area contributed by atoms with Gasteiger partial charge in [-0.25, -0.2) is 0 Å². The van der Waals surface area contributed by atoms with Crippen LogP contribution in [0.4, 0.5) is 0 Å². The Kier molecular flexibility index (Phi) is 4.70. The Labute approximate surface area is 103 Å². The number of rotatable bonds is 5. The molecule has 2 N–H and O–H groups in total. The van der Waals surface area contributed by atoms with Gasteiger partial charge in [0.15, 0.2) is 0 Å². The molecule has 0 amide bonds. The first-order valence-corrected chi connectivity index (χ1v) is 5.86. The lowest BCUT2D eigenvalue weighted by Gasteiger charge is -2.18. The number of aryl methyl sites for hydroxylation is 2. The number of carbonyl (C=O) groups excluding carboxylic acids is 1. The van der Waals surface area contributed by atoms with Crippen LogP contribution in [0, 0.1) is 13.8 Å². The number of benzene rings is 1. The number of hydrogen-bond donors (Lipinski definition) is 1. The topological polar surface area (TPSA) is 52.3 Å². The first kappa shape index (κ1) is 13.7. The van der Waals surface area contributed by atoms with Gasteiger partial charge < -0.3 is 15.3 Å². The fourth-order valence-corrected chi connectivity index (χ4v) is 2.06. The average molecular weight is 235 g/mol. The van der Waals surface area contributed by atoms with Gasteiger partial charge in [-0.1, -0.05) is 17.7 Å². The zero-order chi connectivity index (χ0) is 13.0. The standard InChI is InChI=1S/C14H21NO2/c1-9-7-10(2)14(17-4)12(8-9)13(15)6-5-11(3)16/h7-8,13H,5-6,15H2,1-4H3. The second-order valence-electron chi connectivity index (χ2n) is 4.55. The zero-order valence-electron chi connectivity index (χ0n) is 11.0. The number of carbonyl (C=O) groups is 1. The van der Waals surface area contributed by atoms with Gasteiger partial charge in [0.05, 0.1) is 7.11 Å². The molecule has 0 saturated carbocycles. The molecule has 0 aliphatic heterocycles. The van der Waals surface area contributed by atoms with Crippen molar-refractivity contribution in [1.82, 2.24) is 0 Å². The van der Waals surface area contributed by atoms with Gasteiger partial charge in [-0.15, -0.1) is 0 Å². The first-order valence-electron chi connectivity index (χ1n) is 5.86. The Morgan fingerprint density at radius 3 is 2.59 bits per heavy atom. The maximum atomic E-state index is 11.0. The van der Waals surface area contributed by atoms with Crippen molar-refractivity contribution in [2.45, 2.75) is 39.7 Å². The molecule has 0 fully saturated rings. The minimum absolute atomic E-state index is 0.146. The minimum atomic E-state index is -0.146. The largest absolute Gasteiger partial charge is 0.496 e. The summed E-state index contributed by atoms with van der Waals surface area (Å²) in [5.74, 6) is 1.01. The maximum Gasteiger partial charge on any atom is 0.129 e. The van der Waals surface area contributed by atoms with Crippen LogP contribution >= 0.6 is 0 Å². The van der Waals surface area contributed by atoms with E-state index >= 15 is 0 Å². The number of methoxy groups -OCH3 is 1. The van der Waals surface area contributed by atoms with Gasteiger partial charge in [0.2, 0.25) is 0 Å². The van der Waals surface area contributed by atoms with Gasteiger partial charge in [-0.05, 0) is 32.8 Å². The summed E-state index contributed by atoms with van der Waals surface area (Å²) in [4.78, 5) is 11.0. The second-order valence-corrected chi connectivity index (χ2v) is 4.55. The maximum absolute atomic E-state index is 11.0. The van der Waals surface area contributed by atoms with Crippen LogP contribution in [0.25, 0.3) is 0 Å². The van der Waals surface area contributed by atoms with E-state index in [2.05, 4.69) is 6.07 Å². The highest BCUT2D eigenvalue weighted by Gasteiger charge is 2.15. The summed E-state index contributed by atoms with van der Waals surface area (Å²) in [6.45, 7) is 5.63. The second kappa shape index (κ2) is 5.82. The molecule has 3 nitrogen and oxygen atoms in total. The fraction of sp³-hybridized carbons (Fsp3) is 0.500. The van der Waals surface area contributed by atoms with E-state index in [1.807, 2.05) is 19.9 Å². The van der Waals surface area contributed by atoms with Crippen molar-refractivity contribution in [1.29, 1.82) is 0 Å². The lowest BCUT2D eigenvalue weighted by molar-refractivity contribution is -0.117. The molecule has 0 spiro atoms. The first-order chi connectivity index (χ1) is 7.95. The molecule has 17 heavy (non-hydrogen) atoms. The van der Waals surface area contributed by atoms with Gasteiger partial charge in [-0.2, -0.15) is 0 Å². The Balaban J connectivity index is 2.98. The molecule has 1 atom stereocenters. The van der Waals surface area contributed by atoms with Crippen molar-refractivity contribution in [3.63, 3.8) is 0 Å². The van der Waals surface area contributed by atoms with Gasteiger partial charge >= 0.3 is 0 Å². The molecule has 1 aromatic carbocycles. The Morgan fingerprint density at radius 2 is 2.06 bits per heavy atom. The average Bonchev–Trinajstić information content (AvgIpc) is 2.24. The molecule has 0 bridgehead atoms. The van der Waals surface area contributed by atoms with Crippen LogP contribution in [0.2, 0.25) is 0 Å². The highest BCUT2D eigenvalue weighted by Crippen LogP contribution is 2.31. The van der Waals surface area contributed by atoms with Crippen molar-refractivity contribution in [2.75, 3.05) is 7.11 Å². The van der Waals surface area contributed by atoms with Crippen LogP contribution < -0.4 is 10.5 Å². The quantitative estimate of drug-likeness (QED) is 0.853. The van der Waals surface area contributed by atoms with Crippen LogP contribution in [-0.2, 0) is 4.79 Å². The summed E-state index contributed by atoms with van der Waals surface area (Å²) in [6, 6.07) is 3.96. The van der Waals surface area contributed by atoms with Crippen LogP contribution in [0.15, 0.2) is 12.1 Å². The molecule has 3 heteroatoms. The molecule has 0 saturated heterocycles. The number of Topliss-reactive ketones (excluding diaryl/α,β-unsaturated/α-hetero) is 1. The van der Waals surface area contributed by atoms with Crippen LogP contribution in [0.1, 0.15) is 42.5 Å². The van der Waals surface area contributed by atoms with Gasteiger partial charge in [0.1, 0.15) is 11.5 Å². The van der Waals surface area contributed by atoms with E-state index in [1.54, 1.807) is 14.0 Å². The number of nitrogens with two attached hydrogens (primary N) is 1. The third kappa shape index (κ3) is 3.56. The molecule has 0 heterocycles. The molecule has 0 aliphatic carbocycles. The molecule has 0 aromatic heterocycles. The summed E-state index contributed by atoms with van der Waals surface area (Å²) in [5.41, 5.74) is 9.36. The van der Waals surface area contributed by atoms with E-state index in [9.17, 15) is 4.79 Å². The van der Waals surface area contributed by atoms with Crippen molar-refractivity contribution in [3.8, 4) is 5.75 Å². The molecule has 1 rings (SSSR count). The zero-order valence-corrected chi connectivity index (χ0v) is 11.0. The molecule has 0 aliphatic rings. The van der Waals surface area contributed by atoms with Gasteiger partial charge in [-0.3, -0.25) is 0 Å². The van der Waals surface area contributed by atoms with E-state index in [-0.39, 0.29) is 11.8 Å². The minimum Gasteiger partial charge on any atom is -0.496 e. The fourth-order valence-electron chi connectivity index (χ4n) is 2.06. The van der Waals surface area contributed by atoms with Crippen LogP contribution in [-0.4, -0.2) is 12.9 Å². The third-order valence-electron chi connectivity index (χ3n) is 2.86. The predicted molar refractivity (Wildman–Crippen MR) is 69.3 cm³/mol. The van der Waals surface area contributed by atoms with Crippen molar-refractivity contribution >= 4 is 5.78 Å². The van der Waals surface area contributed by atoms with E-state index in [0.717, 1.165) is 22.4 Å². The van der Waals surface area contributed by atoms with Crippen LogP contribution in [0.3, 0.4) is 0 Å². The SMILES string of the molecule is COc1c(C)cc(C)cc1C(N)CCC(C)=O. The number of ketones is 1. The number of hydrogen-bond acceptors (Lipinski definition) is 3. The molecule has 0 radical (unpaired) electrons. The highest BCUT2D eigenvalue weighted by molar-refractivity contribution is 5.75. The smallest absolute Gasteiger partial charge is 0.129 e. The predicted octanol–water partition coefficient (Wildman–Crippen LogP) is 2.68. The number of ether oxygens (including phenoxy) is 1. The van der Waals surface area contributed by atoms with E-state index in [1.165, 1.54) is 0 Å². The van der Waals surface area contributed by atoms with E-state index < -0.39 is 0 Å². The van der Waals surface area contributed by atoms with E-state index in [0.29, 0.717) is 12.8 Å². The summed E-state index contributed by atoms with van der Waals surface area (Å²) < 4.78 is 5.39. The molecule has 1 unspecified atom stereocenters. The van der Waals surface area contributed by atoms with Crippen molar-refractivity contribution in [2.24, 2.45) is 5.73 Å². The summed E-state index contributed by atoms with van der Waals surface area (Å²) in [5, 5.41) is 0. The third-order valence-corrected chi connectivity index (χ3v) is 2.86. The summed E-state index contributed by atoms with van der Waals surface area (Å²) in [7, 11) is 1.65. The molecular formula is C14H21NO2. The Bertz CT molecular complexity index is 413. The Morgan fingerprint density at radius 1 is 1.41 bits per heavy atom. The van der Waals surface area contributed by atoms with Crippen LogP contribution in [0.5, 0.6) is 5.75 Å². The molecule has 1 aromatic rings. The van der Waals surface area contributed by atoms with Crippen molar-refractivity contribution < 1.29 is 9.53 Å². The van der Waals surface area contributed by atoms with E-state index in [4.69, 9.17) is 10.5 Å². The van der Waals surface area contributed by atoms with Crippen molar-refractivity contribution in [3.05, 3.63) is 28.8 Å². The van der Waals surface area contributed by atoms with Gasteiger partial charge in [0.25, 0.3) is 0 Å². The highest BCUT2D eigenvalue weighted by atomic mass is 16.5. The Hall–Kier alpha value is -1.35. The van der Waals surface area contributed by atoms with Gasteiger partial charge in [0, 0.05) is 18.0 Å².